The molecule has 1 N–H and O–H groups in total. The molecular formula is C9H11ClFNO2S. The summed E-state index contributed by atoms with van der Waals surface area (Å²) < 4.78 is 37.8. The molecule has 0 bridgehead atoms. The third-order valence-corrected chi connectivity index (χ3v) is 3.32. The molecule has 0 fully saturated rings. The fourth-order valence-electron chi connectivity index (χ4n) is 1.11. The van der Waals surface area contributed by atoms with E-state index >= 15 is 0 Å². The predicted octanol–water partition coefficient (Wildman–Crippen LogP) is 2.63. The minimum atomic E-state index is -3.39. The van der Waals surface area contributed by atoms with Gasteiger partial charge in [0.25, 0.3) is 0 Å². The highest BCUT2D eigenvalue weighted by atomic mass is 35.5. The van der Waals surface area contributed by atoms with Crippen molar-refractivity contribution >= 4 is 27.3 Å². The number of benzene rings is 1. The van der Waals surface area contributed by atoms with Gasteiger partial charge in [0.05, 0.1) is 11.4 Å². The fourth-order valence-corrected chi connectivity index (χ4v) is 2.45. The smallest absolute Gasteiger partial charge is 0.232 e. The summed E-state index contributed by atoms with van der Waals surface area (Å²) in [6, 6.07) is 3.55. The Hall–Kier alpha value is -0.810. The van der Waals surface area contributed by atoms with Crippen LogP contribution in [0.1, 0.15) is 13.3 Å². The molecule has 0 atom stereocenters. The molecule has 0 saturated heterocycles. The molecule has 0 unspecified atom stereocenters. The van der Waals surface area contributed by atoms with Gasteiger partial charge in [-0.3, -0.25) is 4.72 Å². The Kier molecular flexibility index (Phi) is 3.93. The highest BCUT2D eigenvalue weighted by molar-refractivity contribution is 7.92. The Morgan fingerprint density at radius 3 is 2.60 bits per heavy atom. The van der Waals surface area contributed by atoms with E-state index in [1.807, 2.05) is 0 Å². The van der Waals surface area contributed by atoms with Crippen molar-refractivity contribution in [1.82, 2.24) is 0 Å². The lowest BCUT2D eigenvalue weighted by molar-refractivity contribution is 0.599. The summed E-state index contributed by atoms with van der Waals surface area (Å²) in [4.78, 5) is 0. The molecule has 0 aliphatic rings. The predicted molar refractivity (Wildman–Crippen MR) is 59.1 cm³/mol. The van der Waals surface area contributed by atoms with Gasteiger partial charge in [0.1, 0.15) is 5.82 Å². The van der Waals surface area contributed by atoms with Gasteiger partial charge in [-0.25, -0.2) is 12.8 Å². The van der Waals surface area contributed by atoms with Crippen molar-refractivity contribution in [2.75, 3.05) is 10.5 Å². The summed E-state index contributed by atoms with van der Waals surface area (Å²) in [5.74, 6) is -0.571. The average Bonchev–Trinajstić information content (AvgIpc) is 1.99. The lowest BCUT2D eigenvalue weighted by Crippen LogP contribution is -2.16. The first-order valence-electron chi connectivity index (χ1n) is 4.39. The third-order valence-electron chi connectivity index (χ3n) is 1.61. The number of hydrogen-bond donors (Lipinski definition) is 1. The maximum Gasteiger partial charge on any atom is 0.232 e. The summed E-state index contributed by atoms with van der Waals surface area (Å²) in [6.45, 7) is 1.75. The summed E-state index contributed by atoms with van der Waals surface area (Å²) >= 11 is 5.58. The first kappa shape index (κ1) is 12.3. The van der Waals surface area contributed by atoms with Crippen LogP contribution in [0, 0.1) is 5.82 Å². The standard InChI is InChI=1S/C9H11ClFNO2S/c1-2-3-15(13,14)12-9-5-7(10)4-8(11)6-9/h4-6,12H,2-3H2,1H3. The van der Waals surface area contributed by atoms with Crippen molar-refractivity contribution < 1.29 is 12.8 Å². The van der Waals surface area contributed by atoms with E-state index in [-0.39, 0.29) is 16.5 Å². The first-order chi connectivity index (χ1) is 6.93. The second-order valence-electron chi connectivity index (χ2n) is 3.08. The fraction of sp³-hybridized carbons (Fsp3) is 0.333. The molecule has 84 valence electrons. The molecule has 0 spiro atoms. The van der Waals surface area contributed by atoms with E-state index < -0.39 is 15.8 Å². The SMILES string of the molecule is CCCS(=O)(=O)Nc1cc(F)cc(Cl)c1. The molecule has 0 aliphatic carbocycles. The summed E-state index contributed by atoms with van der Waals surface area (Å²) in [7, 11) is -3.39. The zero-order chi connectivity index (χ0) is 11.5. The Morgan fingerprint density at radius 1 is 1.40 bits per heavy atom. The van der Waals surface area contributed by atoms with Crippen LogP contribution in [0.25, 0.3) is 0 Å². The van der Waals surface area contributed by atoms with Crippen molar-refractivity contribution in [2.24, 2.45) is 0 Å². The summed E-state index contributed by atoms with van der Waals surface area (Å²) in [5, 5.41) is 0.157. The first-order valence-corrected chi connectivity index (χ1v) is 6.42. The van der Waals surface area contributed by atoms with Crippen molar-refractivity contribution in [2.45, 2.75) is 13.3 Å². The molecule has 6 heteroatoms. The second kappa shape index (κ2) is 4.81. The number of rotatable bonds is 4. The second-order valence-corrected chi connectivity index (χ2v) is 5.36. The van der Waals surface area contributed by atoms with Crippen molar-refractivity contribution in [3.05, 3.63) is 29.0 Å². The van der Waals surface area contributed by atoms with Crippen LogP contribution in [-0.2, 0) is 10.0 Å². The normalized spacial score (nSPS) is 11.4. The number of halogens is 2. The largest absolute Gasteiger partial charge is 0.283 e. The van der Waals surface area contributed by atoms with Gasteiger partial charge in [-0.2, -0.15) is 0 Å². The van der Waals surface area contributed by atoms with Crippen molar-refractivity contribution in [3.8, 4) is 0 Å². The molecular weight excluding hydrogens is 241 g/mol. The van der Waals surface area contributed by atoms with Crippen LogP contribution in [0.15, 0.2) is 18.2 Å². The van der Waals surface area contributed by atoms with Gasteiger partial charge in [0.15, 0.2) is 0 Å². The Bertz CT molecular complexity index is 427. The molecule has 0 radical (unpaired) electrons. The van der Waals surface area contributed by atoms with Gasteiger partial charge in [0.2, 0.25) is 10.0 Å². The van der Waals surface area contributed by atoms with E-state index in [2.05, 4.69) is 4.72 Å². The van der Waals surface area contributed by atoms with Gasteiger partial charge in [0, 0.05) is 5.02 Å². The highest BCUT2D eigenvalue weighted by Crippen LogP contribution is 2.19. The van der Waals surface area contributed by atoms with Crippen molar-refractivity contribution in [1.29, 1.82) is 0 Å². The number of sulfonamides is 1. The highest BCUT2D eigenvalue weighted by Gasteiger charge is 2.09. The number of hydrogen-bond acceptors (Lipinski definition) is 2. The zero-order valence-electron chi connectivity index (χ0n) is 8.13. The maximum absolute atomic E-state index is 12.9. The zero-order valence-corrected chi connectivity index (χ0v) is 9.70. The summed E-state index contributed by atoms with van der Waals surface area (Å²) in [6.07, 6.45) is 0.498. The van der Waals surface area contributed by atoms with Gasteiger partial charge >= 0.3 is 0 Å². The van der Waals surface area contributed by atoms with Crippen LogP contribution in [0.4, 0.5) is 10.1 Å². The maximum atomic E-state index is 12.9. The van der Waals surface area contributed by atoms with Gasteiger partial charge in [-0.15, -0.1) is 0 Å². The molecule has 0 aromatic heterocycles. The van der Waals surface area contributed by atoms with Crippen LogP contribution in [0.3, 0.4) is 0 Å². The van der Waals surface area contributed by atoms with E-state index in [0.29, 0.717) is 6.42 Å². The van der Waals surface area contributed by atoms with Crippen LogP contribution in [-0.4, -0.2) is 14.2 Å². The topological polar surface area (TPSA) is 46.2 Å². The Labute approximate surface area is 93.3 Å². The average molecular weight is 252 g/mol. The lowest BCUT2D eigenvalue weighted by Gasteiger charge is -2.07. The van der Waals surface area contributed by atoms with Crippen LogP contribution < -0.4 is 4.72 Å². The molecule has 15 heavy (non-hydrogen) atoms. The third kappa shape index (κ3) is 4.05. The van der Waals surface area contributed by atoms with E-state index in [4.69, 9.17) is 11.6 Å². The summed E-state index contributed by atoms with van der Waals surface area (Å²) in [5.41, 5.74) is 0.147. The van der Waals surface area contributed by atoms with Crippen LogP contribution in [0.2, 0.25) is 5.02 Å². The Morgan fingerprint density at radius 2 is 2.07 bits per heavy atom. The molecule has 3 nitrogen and oxygen atoms in total. The molecule has 1 rings (SSSR count). The lowest BCUT2D eigenvalue weighted by atomic mass is 10.3. The number of anilines is 1. The van der Waals surface area contributed by atoms with Crippen molar-refractivity contribution in [3.63, 3.8) is 0 Å². The van der Waals surface area contributed by atoms with Crippen LogP contribution in [0.5, 0.6) is 0 Å². The molecule has 1 aromatic carbocycles. The van der Waals surface area contributed by atoms with Gasteiger partial charge < -0.3 is 0 Å². The van der Waals surface area contributed by atoms with Gasteiger partial charge in [-0.1, -0.05) is 18.5 Å². The monoisotopic (exact) mass is 251 g/mol. The minimum Gasteiger partial charge on any atom is -0.283 e. The molecule has 0 heterocycles. The van der Waals surface area contributed by atoms with E-state index in [1.54, 1.807) is 6.92 Å². The van der Waals surface area contributed by atoms with E-state index in [9.17, 15) is 12.8 Å². The number of nitrogens with one attached hydrogen (secondary N) is 1. The quantitative estimate of drug-likeness (QED) is 0.894. The molecule has 0 amide bonds. The van der Waals surface area contributed by atoms with E-state index in [0.717, 1.165) is 12.1 Å². The van der Waals surface area contributed by atoms with E-state index in [1.165, 1.54) is 6.07 Å². The molecule has 1 aromatic rings. The molecule has 0 aliphatic heterocycles. The minimum absolute atomic E-state index is 0.00112. The van der Waals surface area contributed by atoms with Gasteiger partial charge in [-0.05, 0) is 24.6 Å². The van der Waals surface area contributed by atoms with Crippen LogP contribution >= 0.6 is 11.6 Å². The molecule has 0 saturated carbocycles. The Balaban J connectivity index is 2.90.